The number of nitrogens with zero attached hydrogens (tertiary/aromatic N) is 2. The van der Waals surface area contributed by atoms with Crippen LogP contribution in [0, 0.1) is 0 Å². The van der Waals surface area contributed by atoms with Gasteiger partial charge >= 0.3 is 0 Å². The van der Waals surface area contributed by atoms with E-state index in [0.29, 0.717) is 6.54 Å². The predicted octanol–water partition coefficient (Wildman–Crippen LogP) is 3.34. The van der Waals surface area contributed by atoms with Gasteiger partial charge in [0.1, 0.15) is 4.99 Å². The second kappa shape index (κ2) is 6.97. The molecule has 6 heteroatoms. The van der Waals surface area contributed by atoms with Crippen molar-refractivity contribution in [3.05, 3.63) is 77.3 Å². The van der Waals surface area contributed by atoms with Gasteiger partial charge in [-0.2, -0.15) is 0 Å². The van der Waals surface area contributed by atoms with E-state index >= 15 is 0 Å². The van der Waals surface area contributed by atoms with Crippen molar-refractivity contribution in [2.45, 2.75) is 11.8 Å². The van der Waals surface area contributed by atoms with Gasteiger partial charge in [0.05, 0.1) is 21.7 Å². The van der Waals surface area contributed by atoms with Crippen molar-refractivity contribution < 1.29 is 9.79 Å². The molecule has 0 saturated carbocycles. The number of fused-ring (bicyclic) bond motifs is 1. The van der Waals surface area contributed by atoms with E-state index in [1.165, 1.54) is 21.4 Å². The molecule has 6 rings (SSSR count). The van der Waals surface area contributed by atoms with Gasteiger partial charge < -0.3 is 4.90 Å². The van der Waals surface area contributed by atoms with Crippen molar-refractivity contribution in [2.24, 2.45) is 0 Å². The molecule has 0 unspecified atom stereocenters. The number of thioether (sulfide) groups is 1. The van der Waals surface area contributed by atoms with Gasteiger partial charge in [-0.05, 0) is 30.5 Å². The van der Waals surface area contributed by atoms with Gasteiger partial charge in [0.25, 0.3) is 5.91 Å². The first-order valence-corrected chi connectivity index (χ1v) is 11.9. The Labute approximate surface area is 188 Å². The van der Waals surface area contributed by atoms with Gasteiger partial charge in [0, 0.05) is 30.6 Å². The average Bonchev–Trinajstić information content (AvgIpc) is 3.42. The normalized spacial score (nSPS) is 18.3. The highest BCUT2D eigenvalue weighted by molar-refractivity contribution is 8.04. The monoisotopic (exact) mass is 442 g/mol. The van der Waals surface area contributed by atoms with Crippen LogP contribution in [0.2, 0.25) is 0 Å². The lowest BCUT2D eigenvalue weighted by molar-refractivity contribution is -0.345. The van der Waals surface area contributed by atoms with Crippen molar-refractivity contribution in [3.63, 3.8) is 0 Å². The van der Waals surface area contributed by atoms with E-state index in [0.717, 1.165) is 31.8 Å². The molecule has 3 heterocycles. The third-order valence-corrected chi connectivity index (χ3v) is 8.20. The third-order valence-electron chi connectivity index (χ3n) is 5.91. The number of para-hydroxylation sites is 1. The van der Waals surface area contributed by atoms with Gasteiger partial charge in [-0.15, -0.1) is 10.9 Å². The van der Waals surface area contributed by atoms with E-state index < -0.39 is 0 Å². The SMILES string of the molecule is CCN1C(=O)C(C2=[NH+]c3cccc4cccc2c34)=S=C1C=C1Sc2ccccc2N1C. The Morgan fingerprint density at radius 3 is 2.65 bits per heavy atom. The standard InChI is InChI=1S/C25H19N3OS2/c1-3-28-21(14-20-27(2)18-12-4-5-13-19(18)30-20)31-24(25(28)29)23-16-10-6-8-15-9-7-11-17(26-23)22(15)16/h4-14H,3H2,1-2H3/p+1. The van der Waals surface area contributed by atoms with E-state index in [4.69, 9.17) is 0 Å². The Morgan fingerprint density at radius 2 is 1.84 bits per heavy atom. The summed E-state index contributed by atoms with van der Waals surface area (Å²) in [5.41, 5.74) is 4.30. The zero-order valence-electron chi connectivity index (χ0n) is 17.2. The molecule has 31 heavy (non-hydrogen) atoms. The molecular weight excluding hydrogens is 422 g/mol. The summed E-state index contributed by atoms with van der Waals surface area (Å²) in [5.74, 6) is 0.0647. The summed E-state index contributed by atoms with van der Waals surface area (Å²) in [7, 11) is 3.65. The molecule has 1 amide bonds. The lowest BCUT2D eigenvalue weighted by atomic mass is 10.0. The van der Waals surface area contributed by atoms with Crippen LogP contribution >= 0.6 is 22.7 Å². The van der Waals surface area contributed by atoms with Crippen LogP contribution in [0.25, 0.3) is 10.8 Å². The van der Waals surface area contributed by atoms with Gasteiger partial charge in [0.15, 0.2) is 4.86 Å². The van der Waals surface area contributed by atoms with Crippen LogP contribution in [-0.2, 0) is 4.79 Å². The van der Waals surface area contributed by atoms with E-state index in [2.05, 4.69) is 83.7 Å². The molecule has 0 aromatic heterocycles. The average molecular weight is 443 g/mol. The molecular formula is C25H20N3OS2+. The molecule has 152 valence electrons. The lowest BCUT2D eigenvalue weighted by Crippen LogP contribution is -2.67. The van der Waals surface area contributed by atoms with Crippen molar-refractivity contribution in [2.75, 3.05) is 18.5 Å². The number of anilines is 1. The quantitative estimate of drug-likeness (QED) is 0.499. The van der Waals surface area contributed by atoms with Crippen molar-refractivity contribution in [1.82, 2.24) is 4.90 Å². The highest BCUT2D eigenvalue weighted by atomic mass is 32.2. The minimum atomic E-state index is 0.0647. The van der Waals surface area contributed by atoms with Gasteiger partial charge in [0.2, 0.25) is 11.4 Å². The summed E-state index contributed by atoms with van der Waals surface area (Å²) < 4.78 is 0. The fourth-order valence-corrected chi connectivity index (χ4v) is 6.70. The molecule has 1 N–H and O–H groups in total. The maximum Gasteiger partial charge on any atom is 0.275 e. The maximum absolute atomic E-state index is 13.4. The number of hydrogen-bond acceptors (Lipinski definition) is 3. The van der Waals surface area contributed by atoms with E-state index in [1.54, 1.807) is 22.7 Å². The largest absolute Gasteiger partial charge is 0.338 e. The van der Waals surface area contributed by atoms with E-state index in [-0.39, 0.29) is 5.91 Å². The first-order valence-electron chi connectivity index (χ1n) is 10.3. The number of likely N-dealkylation sites (N-methyl/N-ethyl adjacent to an activating group) is 1. The Bertz CT molecular complexity index is 1420. The van der Waals surface area contributed by atoms with Gasteiger partial charge in [-0.3, -0.25) is 9.69 Å². The topological polar surface area (TPSA) is 37.5 Å². The highest BCUT2D eigenvalue weighted by Crippen LogP contribution is 2.44. The summed E-state index contributed by atoms with van der Waals surface area (Å²) >= 11 is 1.75. The molecule has 0 spiro atoms. The van der Waals surface area contributed by atoms with Gasteiger partial charge in [-0.1, -0.05) is 48.2 Å². The summed E-state index contributed by atoms with van der Waals surface area (Å²) in [4.78, 5) is 24.0. The number of hydrogen-bond donors (Lipinski definition) is 1. The number of nitrogens with one attached hydrogen (secondary N) is 1. The first kappa shape index (κ1) is 18.7. The highest BCUT2D eigenvalue weighted by Gasteiger charge is 2.37. The van der Waals surface area contributed by atoms with Crippen LogP contribution in [0.1, 0.15) is 12.5 Å². The molecule has 0 fully saturated rings. The molecule has 3 aliphatic heterocycles. The molecule has 4 nitrogen and oxygen atoms in total. The number of benzene rings is 3. The Kier molecular flexibility index (Phi) is 4.20. The Balaban J connectivity index is 1.47. The summed E-state index contributed by atoms with van der Waals surface area (Å²) in [6.07, 6.45) is 2.15. The lowest BCUT2D eigenvalue weighted by Gasteiger charge is -2.18. The molecule has 3 aromatic rings. The maximum atomic E-state index is 13.4. The number of rotatable bonds is 3. The van der Waals surface area contributed by atoms with Crippen LogP contribution in [0.5, 0.6) is 0 Å². The van der Waals surface area contributed by atoms with Crippen molar-refractivity contribution >= 4 is 66.3 Å². The number of carbonyl (C=O) groups is 1. The van der Waals surface area contributed by atoms with Crippen LogP contribution in [0.3, 0.4) is 0 Å². The minimum Gasteiger partial charge on any atom is -0.338 e. The third kappa shape index (κ3) is 2.75. The molecule has 0 saturated heterocycles. The molecule has 0 atom stereocenters. The van der Waals surface area contributed by atoms with Crippen LogP contribution in [0.4, 0.5) is 11.4 Å². The zero-order chi connectivity index (χ0) is 21.1. The molecule has 3 aliphatic rings. The second-order valence-corrected chi connectivity index (χ2v) is 9.73. The molecule has 0 radical (unpaired) electrons. The fourth-order valence-electron chi connectivity index (χ4n) is 4.38. The minimum absolute atomic E-state index is 0.0647. The van der Waals surface area contributed by atoms with Crippen LogP contribution in [-0.4, -0.2) is 40.0 Å². The van der Waals surface area contributed by atoms with Crippen molar-refractivity contribution in [3.8, 4) is 0 Å². The van der Waals surface area contributed by atoms with Crippen molar-refractivity contribution in [1.29, 1.82) is 0 Å². The summed E-state index contributed by atoms with van der Waals surface area (Å²) in [6.45, 7) is 2.67. The Hall–Kier alpha value is -3.09. The smallest absolute Gasteiger partial charge is 0.275 e. The molecule has 3 aromatic carbocycles. The molecule has 0 aliphatic carbocycles. The van der Waals surface area contributed by atoms with E-state index in [1.807, 2.05) is 11.8 Å². The predicted molar refractivity (Wildman–Crippen MR) is 132 cm³/mol. The Morgan fingerprint density at radius 1 is 1.03 bits per heavy atom. The number of carbonyl (C=O) groups excluding carboxylic acids is 1. The number of amides is 1. The first-order chi connectivity index (χ1) is 15.2. The summed E-state index contributed by atoms with van der Waals surface area (Å²) in [5, 5.41) is 3.51. The molecule has 0 bridgehead atoms. The zero-order valence-corrected chi connectivity index (χ0v) is 18.8. The van der Waals surface area contributed by atoms with Crippen LogP contribution < -0.4 is 9.89 Å². The second-order valence-electron chi connectivity index (χ2n) is 7.64. The summed E-state index contributed by atoms with van der Waals surface area (Å²) in [6, 6.07) is 20.9. The van der Waals surface area contributed by atoms with E-state index in [9.17, 15) is 4.79 Å². The van der Waals surface area contributed by atoms with Gasteiger partial charge in [-0.25, -0.2) is 4.99 Å². The van der Waals surface area contributed by atoms with Crippen LogP contribution in [0.15, 0.2) is 76.7 Å². The fraction of sp³-hybridized carbons (Fsp3) is 0.120.